The summed E-state index contributed by atoms with van der Waals surface area (Å²) in [6, 6.07) is 18.5. The molecule has 3 heteroatoms. The molecule has 0 saturated carbocycles. The molecular weight excluding hydrogens is 212 g/mol. The van der Waals surface area contributed by atoms with E-state index in [0.717, 1.165) is 11.3 Å². The van der Waals surface area contributed by atoms with Gasteiger partial charge in [-0.3, -0.25) is 0 Å². The first-order valence-corrected chi connectivity index (χ1v) is 5.51. The third-order valence-electron chi connectivity index (χ3n) is 2.72. The lowest BCUT2D eigenvalue weighted by Gasteiger charge is -2.16. The van der Waals surface area contributed by atoms with E-state index in [9.17, 15) is 0 Å². The van der Waals surface area contributed by atoms with E-state index in [2.05, 4.69) is 23.3 Å². The molecule has 0 radical (unpaired) electrons. The normalized spacial score (nSPS) is 13.8. The molecule has 17 heavy (non-hydrogen) atoms. The van der Waals surface area contributed by atoms with Gasteiger partial charge in [-0.05, 0) is 11.6 Å². The first-order valence-electron chi connectivity index (χ1n) is 5.51. The van der Waals surface area contributed by atoms with E-state index < -0.39 is 0 Å². The van der Waals surface area contributed by atoms with Gasteiger partial charge in [-0.25, -0.2) is 5.01 Å². The van der Waals surface area contributed by atoms with Crippen LogP contribution in [0.3, 0.4) is 0 Å². The minimum absolute atomic E-state index is 0.476. The molecule has 3 nitrogen and oxygen atoms in total. The summed E-state index contributed by atoms with van der Waals surface area (Å²) < 4.78 is 5.14. The first-order chi connectivity index (χ1) is 8.45. The number of para-hydroxylation sites is 1. The zero-order valence-electron chi connectivity index (χ0n) is 9.28. The van der Waals surface area contributed by atoms with Crippen LogP contribution in [0.5, 0.6) is 0 Å². The van der Waals surface area contributed by atoms with E-state index in [1.165, 1.54) is 12.0 Å². The van der Waals surface area contributed by atoms with Gasteiger partial charge in [-0.2, -0.15) is 0 Å². The Morgan fingerprint density at radius 1 is 0.941 bits per heavy atom. The number of ether oxygens (including phenoxy) is 1. The van der Waals surface area contributed by atoms with Crippen LogP contribution in [0.1, 0.15) is 0 Å². The van der Waals surface area contributed by atoms with Crippen molar-refractivity contribution in [2.75, 3.05) is 11.7 Å². The molecule has 0 bridgehead atoms. The second-order valence-corrected chi connectivity index (χ2v) is 3.80. The minimum atomic E-state index is 0.476. The van der Waals surface area contributed by atoms with Crippen molar-refractivity contribution in [2.45, 2.75) is 0 Å². The van der Waals surface area contributed by atoms with E-state index in [4.69, 9.17) is 4.74 Å². The van der Waals surface area contributed by atoms with Gasteiger partial charge in [0, 0.05) is 5.56 Å². The Labute approximate surface area is 100.0 Å². The quantitative estimate of drug-likeness (QED) is 0.783. The molecule has 0 aromatic heterocycles. The van der Waals surface area contributed by atoms with Crippen molar-refractivity contribution < 1.29 is 4.74 Å². The summed E-state index contributed by atoms with van der Waals surface area (Å²) in [4.78, 5) is 0. The summed E-state index contributed by atoms with van der Waals surface area (Å²) in [5, 5.41) is 6.03. The Morgan fingerprint density at radius 3 is 2.47 bits per heavy atom. The van der Waals surface area contributed by atoms with E-state index in [1.807, 2.05) is 41.4 Å². The maximum Gasteiger partial charge on any atom is 0.195 e. The average molecular weight is 224 g/mol. The zero-order valence-corrected chi connectivity index (χ0v) is 9.28. The maximum absolute atomic E-state index is 5.14. The van der Waals surface area contributed by atoms with E-state index in [-0.39, 0.29) is 0 Å². The third kappa shape index (κ3) is 1.87. The topological polar surface area (TPSA) is 24.8 Å². The Kier molecular flexibility index (Phi) is 2.50. The van der Waals surface area contributed by atoms with Crippen LogP contribution >= 0.6 is 0 Å². The monoisotopic (exact) mass is 224 g/mol. The van der Waals surface area contributed by atoms with Crippen molar-refractivity contribution in [3.05, 3.63) is 54.6 Å². The highest BCUT2D eigenvalue weighted by atomic mass is 16.5. The van der Waals surface area contributed by atoms with Crippen molar-refractivity contribution in [3.8, 4) is 11.1 Å². The van der Waals surface area contributed by atoms with Gasteiger partial charge in [0.1, 0.15) is 0 Å². The lowest BCUT2D eigenvalue weighted by molar-refractivity contribution is 0.350. The number of nitrogens with zero attached hydrogens (tertiary/aromatic N) is 2. The molecule has 0 fully saturated rings. The van der Waals surface area contributed by atoms with Crippen LogP contribution in [0.2, 0.25) is 0 Å². The number of benzene rings is 2. The molecule has 0 saturated heterocycles. The Balaban J connectivity index is 2.08. The van der Waals surface area contributed by atoms with Crippen LogP contribution in [0, 0.1) is 0 Å². The smallest absolute Gasteiger partial charge is 0.195 e. The summed E-state index contributed by atoms with van der Waals surface area (Å²) in [6.45, 7) is 0.476. The highest BCUT2D eigenvalue weighted by molar-refractivity contribution is 5.79. The van der Waals surface area contributed by atoms with Crippen LogP contribution in [-0.4, -0.2) is 13.1 Å². The van der Waals surface area contributed by atoms with Gasteiger partial charge >= 0.3 is 0 Å². The summed E-state index contributed by atoms with van der Waals surface area (Å²) in [5.41, 5.74) is 3.41. The van der Waals surface area contributed by atoms with Gasteiger partial charge in [-0.15, -0.1) is 5.10 Å². The molecule has 84 valence electrons. The SMILES string of the molecule is C1=NN(c2ccccc2-c2ccccc2)CO1. The van der Waals surface area contributed by atoms with Crippen LogP contribution < -0.4 is 5.01 Å². The molecule has 0 unspecified atom stereocenters. The first kappa shape index (κ1) is 9.90. The van der Waals surface area contributed by atoms with Crippen LogP contribution in [0.15, 0.2) is 59.7 Å². The molecule has 1 aliphatic rings. The number of hydrogen-bond donors (Lipinski definition) is 0. The van der Waals surface area contributed by atoms with Gasteiger partial charge in [0.2, 0.25) is 0 Å². The number of anilines is 1. The lowest BCUT2D eigenvalue weighted by atomic mass is 10.0. The minimum Gasteiger partial charge on any atom is -0.459 e. The Morgan fingerprint density at radius 2 is 1.71 bits per heavy atom. The number of hydrazone groups is 1. The molecule has 3 rings (SSSR count). The summed E-state index contributed by atoms with van der Waals surface area (Å²) in [6.07, 6.45) is 1.47. The van der Waals surface area contributed by atoms with Crippen LogP contribution in [0.4, 0.5) is 5.69 Å². The molecule has 0 atom stereocenters. The highest BCUT2D eigenvalue weighted by Gasteiger charge is 2.13. The summed E-state index contributed by atoms with van der Waals surface area (Å²) >= 11 is 0. The van der Waals surface area contributed by atoms with E-state index in [1.54, 1.807) is 0 Å². The van der Waals surface area contributed by atoms with Crippen LogP contribution in [0.25, 0.3) is 11.1 Å². The van der Waals surface area contributed by atoms with Gasteiger partial charge in [0.15, 0.2) is 13.1 Å². The van der Waals surface area contributed by atoms with Crippen molar-refractivity contribution in [1.29, 1.82) is 0 Å². The maximum atomic E-state index is 5.14. The van der Waals surface area contributed by atoms with Gasteiger partial charge < -0.3 is 4.74 Å². The largest absolute Gasteiger partial charge is 0.459 e. The molecule has 2 aromatic rings. The molecule has 0 amide bonds. The summed E-state index contributed by atoms with van der Waals surface area (Å²) in [5.74, 6) is 0. The van der Waals surface area contributed by atoms with Crippen molar-refractivity contribution in [1.82, 2.24) is 0 Å². The highest BCUT2D eigenvalue weighted by Crippen LogP contribution is 2.31. The van der Waals surface area contributed by atoms with E-state index in [0.29, 0.717) is 6.73 Å². The predicted octanol–water partition coefficient (Wildman–Crippen LogP) is 3.09. The third-order valence-corrected chi connectivity index (χ3v) is 2.72. The lowest BCUT2D eigenvalue weighted by Crippen LogP contribution is -2.13. The van der Waals surface area contributed by atoms with Crippen molar-refractivity contribution in [3.63, 3.8) is 0 Å². The fourth-order valence-corrected chi connectivity index (χ4v) is 1.92. The zero-order chi connectivity index (χ0) is 11.5. The summed E-state index contributed by atoms with van der Waals surface area (Å²) in [7, 11) is 0. The molecule has 2 aromatic carbocycles. The molecule has 1 heterocycles. The number of rotatable bonds is 2. The van der Waals surface area contributed by atoms with E-state index >= 15 is 0 Å². The van der Waals surface area contributed by atoms with Gasteiger partial charge in [0.05, 0.1) is 5.69 Å². The van der Waals surface area contributed by atoms with Crippen molar-refractivity contribution in [2.24, 2.45) is 5.10 Å². The van der Waals surface area contributed by atoms with Gasteiger partial charge in [0.25, 0.3) is 0 Å². The van der Waals surface area contributed by atoms with Gasteiger partial charge in [-0.1, -0.05) is 48.5 Å². The molecular formula is C14H12N2O. The number of hydrogen-bond acceptors (Lipinski definition) is 3. The molecule has 0 spiro atoms. The predicted molar refractivity (Wildman–Crippen MR) is 68.8 cm³/mol. The Bertz CT molecular complexity index is 537. The second kappa shape index (κ2) is 4.29. The molecule has 1 aliphatic heterocycles. The fraction of sp³-hybridized carbons (Fsp3) is 0.0714. The second-order valence-electron chi connectivity index (χ2n) is 3.80. The van der Waals surface area contributed by atoms with Crippen LogP contribution in [-0.2, 0) is 4.74 Å². The fourth-order valence-electron chi connectivity index (χ4n) is 1.92. The standard InChI is InChI=1S/C14H12N2O/c1-2-6-12(7-3-1)13-8-4-5-9-14(13)16-11-17-10-15-16/h1-10H,11H2. The molecule has 0 N–H and O–H groups in total. The van der Waals surface area contributed by atoms with Crippen molar-refractivity contribution >= 4 is 12.1 Å². The average Bonchev–Trinajstić information content (AvgIpc) is 2.94. The Hall–Kier alpha value is -2.29. The molecule has 0 aliphatic carbocycles.